The molecule has 4 aromatic rings. The van der Waals surface area contributed by atoms with Gasteiger partial charge >= 0.3 is 0 Å². The number of nitrogens with zero attached hydrogens (tertiary/aromatic N) is 6. The van der Waals surface area contributed by atoms with Crippen LogP contribution in [0.2, 0.25) is 5.15 Å². The Hall–Kier alpha value is -2.72. The smallest absolute Gasteiger partial charge is 0.193 e. The second-order valence-electron chi connectivity index (χ2n) is 8.65. The van der Waals surface area contributed by atoms with E-state index in [1.165, 1.54) is 38.1 Å². The minimum absolute atomic E-state index is 0.115. The Morgan fingerprint density at radius 2 is 1.94 bits per heavy atom. The Morgan fingerprint density at radius 1 is 1.12 bits per heavy atom. The van der Waals surface area contributed by atoms with Gasteiger partial charge in [-0.25, -0.2) is 24.3 Å². The van der Waals surface area contributed by atoms with Gasteiger partial charge in [-0.15, -0.1) is 0 Å². The highest BCUT2D eigenvalue weighted by Crippen LogP contribution is 2.46. The summed E-state index contributed by atoms with van der Waals surface area (Å²) >= 11 is 7.08. The predicted molar refractivity (Wildman–Crippen MR) is 121 cm³/mol. The fourth-order valence-corrected chi connectivity index (χ4v) is 5.85. The normalized spacial score (nSPS) is 24.8. The maximum absolute atomic E-state index is 15.7. The van der Waals surface area contributed by atoms with E-state index in [0.717, 1.165) is 11.7 Å². The fourth-order valence-electron chi connectivity index (χ4n) is 5.30. The standard InChI is InChI=1S/C21H20ClFN8S/c1-9-10-2-4-11(5-3-10)16(9)28-20-15(23)18(13-7-26-32-31-13)29-19(30-20)12-6-24-21-17(12)27-14(22)8-25-21/h6-11,16H,2-5H2,1H3,(H,24,25)(H,28,29,30)/t9-,10?,11?,16+/m0/s1. The number of aromatic amines is 1. The van der Waals surface area contributed by atoms with Crippen LogP contribution < -0.4 is 5.32 Å². The highest BCUT2D eigenvalue weighted by atomic mass is 35.5. The third-order valence-corrected chi connectivity index (χ3v) is 7.65. The zero-order valence-electron chi connectivity index (χ0n) is 17.2. The topological polar surface area (TPSA) is 105 Å². The number of hydrogen-bond donors (Lipinski definition) is 2. The van der Waals surface area contributed by atoms with Crippen molar-refractivity contribution in [3.63, 3.8) is 0 Å². The summed E-state index contributed by atoms with van der Waals surface area (Å²) in [6, 6.07) is 0.179. The van der Waals surface area contributed by atoms with Crippen LogP contribution in [-0.2, 0) is 0 Å². The first-order valence-electron chi connectivity index (χ1n) is 10.7. The largest absolute Gasteiger partial charge is 0.364 e. The minimum Gasteiger partial charge on any atom is -0.364 e. The first-order chi connectivity index (χ1) is 15.6. The van der Waals surface area contributed by atoms with Crippen molar-refractivity contribution in [1.29, 1.82) is 0 Å². The minimum atomic E-state index is -0.515. The molecular weight excluding hydrogens is 451 g/mol. The lowest BCUT2D eigenvalue weighted by Crippen LogP contribution is -2.47. The molecule has 0 spiro atoms. The van der Waals surface area contributed by atoms with E-state index in [1.807, 2.05) is 0 Å². The summed E-state index contributed by atoms with van der Waals surface area (Å²) in [5.41, 5.74) is 2.18. The molecule has 3 aliphatic carbocycles. The van der Waals surface area contributed by atoms with Crippen LogP contribution >= 0.6 is 23.3 Å². The molecule has 0 aliphatic heterocycles. The molecule has 2 N–H and O–H groups in total. The average Bonchev–Trinajstić information content (AvgIpc) is 3.48. The summed E-state index contributed by atoms with van der Waals surface area (Å²) in [4.78, 5) is 20.8. The second kappa shape index (κ2) is 7.70. The third-order valence-electron chi connectivity index (χ3n) is 6.99. The molecule has 2 atom stereocenters. The van der Waals surface area contributed by atoms with Gasteiger partial charge in [0.25, 0.3) is 0 Å². The number of anilines is 1. The number of fused-ring (bicyclic) bond motifs is 4. The molecular formula is C21H20ClFN8S. The molecule has 7 rings (SSSR count). The number of nitrogens with one attached hydrogen (secondary N) is 2. The Kier molecular flexibility index (Phi) is 4.80. The van der Waals surface area contributed by atoms with Crippen LogP contribution in [0, 0.1) is 23.6 Å². The number of aromatic nitrogens is 7. The van der Waals surface area contributed by atoms with Crippen molar-refractivity contribution in [2.75, 3.05) is 5.32 Å². The molecule has 3 saturated carbocycles. The van der Waals surface area contributed by atoms with Gasteiger partial charge in [0.15, 0.2) is 23.1 Å². The number of H-pyrrole nitrogens is 1. The zero-order valence-corrected chi connectivity index (χ0v) is 18.8. The van der Waals surface area contributed by atoms with Crippen LogP contribution in [0.25, 0.3) is 33.9 Å². The van der Waals surface area contributed by atoms with E-state index in [4.69, 9.17) is 11.6 Å². The van der Waals surface area contributed by atoms with Gasteiger partial charge in [0.2, 0.25) is 0 Å². The molecule has 11 heteroatoms. The quantitative estimate of drug-likeness (QED) is 0.434. The van der Waals surface area contributed by atoms with Crippen LogP contribution in [0.3, 0.4) is 0 Å². The first kappa shape index (κ1) is 19.9. The second-order valence-corrected chi connectivity index (χ2v) is 9.59. The van der Waals surface area contributed by atoms with Crippen molar-refractivity contribution < 1.29 is 4.39 Å². The van der Waals surface area contributed by atoms with Gasteiger partial charge in [0.05, 0.1) is 29.7 Å². The van der Waals surface area contributed by atoms with E-state index in [2.05, 4.69) is 45.9 Å². The van der Waals surface area contributed by atoms with Crippen LogP contribution in [0.4, 0.5) is 10.2 Å². The molecule has 2 bridgehead atoms. The van der Waals surface area contributed by atoms with Crippen LogP contribution in [0.5, 0.6) is 0 Å². The van der Waals surface area contributed by atoms with Crippen LogP contribution in [-0.4, -0.2) is 39.7 Å². The van der Waals surface area contributed by atoms with Crippen molar-refractivity contribution in [3.8, 4) is 22.8 Å². The van der Waals surface area contributed by atoms with Crippen molar-refractivity contribution in [2.24, 2.45) is 17.8 Å². The monoisotopic (exact) mass is 470 g/mol. The lowest BCUT2D eigenvalue weighted by atomic mass is 9.62. The Balaban J connectivity index is 1.48. The van der Waals surface area contributed by atoms with Crippen molar-refractivity contribution in [3.05, 3.63) is 29.6 Å². The molecule has 0 saturated heterocycles. The summed E-state index contributed by atoms with van der Waals surface area (Å²) in [6.45, 7) is 2.26. The summed E-state index contributed by atoms with van der Waals surface area (Å²) in [5, 5.41) is 3.71. The molecule has 4 aromatic heterocycles. The third kappa shape index (κ3) is 3.24. The number of rotatable bonds is 4. The Morgan fingerprint density at radius 3 is 2.69 bits per heavy atom. The summed E-state index contributed by atoms with van der Waals surface area (Å²) in [5.74, 6) is 1.66. The van der Waals surface area contributed by atoms with Gasteiger partial charge in [0, 0.05) is 12.2 Å². The van der Waals surface area contributed by atoms with Gasteiger partial charge < -0.3 is 10.3 Å². The van der Waals surface area contributed by atoms with Gasteiger partial charge in [-0.2, -0.15) is 8.75 Å². The SMILES string of the molecule is C[C@H]1C2CCC(CC2)[C@@H]1Nc1nc(-c2c[nH]c3ncc(Cl)nc23)nc(-c2cnsn2)c1F. The summed E-state index contributed by atoms with van der Waals surface area (Å²) in [7, 11) is 0. The van der Waals surface area contributed by atoms with Gasteiger partial charge in [-0.05, 0) is 43.4 Å². The van der Waals surface area contributed by atoms with E-state index in [-0.39, 0.29) is 22.7 Å². The molecule has 164 valence electrons. The van der Waals surface area contributed by atoms with Gasteiger partial charge in [-0.1, -0.05) is 18.5 Å². The van der Waals surface area contributed by atoms with Crippen LogP contribution in [0.1, 0.15) is 32.6 Å². The van der Waals surface area contributed by atoms with E-state index in [9.17, 15) is 0 Å². The van der Waals surface area contributed by atoms with Crippen molar-refractivity contribution in [1.82, 2.24) is 33.7 Å². The highest BCUT2D eigenvalue weighted by Gasteiger charge is 2.41. The molecule has 0 radical (unpaired) electrons. The van der Waals surface area contributed by atoms with Crippen molar-refractivity contribution >= 4 is 40.3 Å². The Bertz CT molecular complexity index is 1280. The molecule has 3 aliphatic rings. The first-order valence-corrected chi connectivity index (χ1v) is 11.8. The van der Waals surface area contributed by atoms with Gasteiger partial charge in [0.1, 0.15) is 22.1 Å². The zero-order chi connectivity index (χ0) is 21.8. The molecule has 8 nitrogen and oxygen atoms in total. The fraction of sp³-hybridized carbons (Fsp3) is 0.429. The molecule has 0 amide bonds. The van der Waals surface area contributed by atoms with E-state index in [0.29, 0.717) is 46.0 Å². The molecule has 32 heavy (non-hydrogen) atoms. The molecule has 3 fully saturated rings. The van der Waals surface area contributed by atoms with Gasteiger partial charge in [-0.3, -0.25) is 0 Å². The van der Waals surface area contributed by atoms with E-state index < -0.39 is 5.82 Å². The average molecular weight is 471 g/mol. The lowest BCUT2D eigenvalue weighted by molar-refractivity contribution is 0.0926. The summed E-state index contributed by atoms with van der Waals surface area (Å²) in [6.07, 6.45) is 9.55. The maximum atomic E-state index is 15.7. The maximum Gasteiger partial charge on any atom is 0.193 e. The number of halogens is 2. The Labute approximate surface area is 192 Å². The molecule has 0 aromatic carbocycles. The molecule has 0 unspecified atom stereocenters. The number of hydrogen-bond acceptors (Lipinski definition) is 8. The summed E-state index contributed by atoms with van der Waals surface area (Å²) < 4.78 is 23.9. The molecule has 4 heterocycles. The van der Waals surface area contributed by atoms with E-state index >= 15 is 4.39 Å². The van der Waals surface area contributed by atoms with E-state index in [1.54, 1.807) is 6.20 Å². The van der Waals surface area contributed by atoms with Crippen molar-refractivity contribution in [2.45, 2.75) is 38.6 Å². The predicted octanol–water partition coefficient (Wildman–Crippen LogP) is 4.96. The highest BCUT2D eigenvalue weighted by molar-refractivity contribution is 6.99. The van der Waals surface area contributed by atoms with Crippen LogP contribution in [0.15, 0.2) is 18.6 Å². The lowest BCUT2D eigenvalue weighted by Gasteiger charge is -2.47.